The summed E-state index contributed by atoms with van der Waals surface area (Å²) in [5.74, 6) is 0.721. The Hall–Kier alpha value is -2.37. The highest BCUT2D eigenvalue weighted by Crippen LogP contribution is 2.20. The molecule has 1 heterocycles. The molecule has 0 saturated carbocycles. The molecule has 0 atom stereocenters. The van der Waals surface area contributed by atoms with E-state index in [-0.39, 0.29) is 18.0 Å². The zero-order chi connectivity index (χ0) is 14.4. The van der Waals surface area contributed by atoms with Crippen LogP contribution in [-0.2, 0) is 6.42 Å². The summed E-state index contributed by atoms with van der Waals surface area (Å²) < 4.78 is 10.8. The van der Waals surface area contributed by atoms with Crippen LogP contribution in [0.15, 0.2) is 24.3 Å². The summed E-state index contributed by atoms with van der Waals surface area (Å²) in [5, 5.41) is 0. The molecule has 0 aliphatic rings. The van der Waals surface area contributed by atoms with Gasteiger partial charge in [0.25, 0.3) is 0 Å². The Morgan fingerprint density at radius 2 is 1.70 bits per heavy atom. The minimum Gasteiger partial charge on any atom is -0.464 e. The largest absolute Gasteiger partial charge is 0.464 e. The molecule has 0 unspecified atom stereocenters. The Kier molecular flexibility index (Phi) is 4.70. The van der Waals surface area contributed by atoms with Gasteiger partial charge >= 0.3 is 12.0 Å². The van der Waals surface area contributed by atoms with Gasteiger partial charge in [0.05, 0.1) is 6.61 Å². The summed E-state index contributed by atoms with van der Waals surface area (Å²) in [6.07, 6.45) is 2.16. The fourth-order valence-corrected chi connectivity index (χ4v) is 1.71. The highest BCUT2D eigenvalue weighted by Gasteiger charge is 2.07. The highest BCUT2D eigenvalue weighted by atomic mass is 16.5. The fourth-order valence-electron chi connectivity index (χ4n) is 1.71. The van der Waals surface area contributed by atoms with Crippen molar-refractivity contribution in [2.75, 3.05) is 12.3 Å². The molecule has 1 aromatic heterocycles. The molecule has 0 aliphatic carbocycles. The van der Waals surface area contributed by atoms with Crippen LogP contribution in [0.25, 0.3) is 0 Å². The minimum absolute atomic E-state index is 0.0704. The van der Waals surface area contributed by atoms with E-state index in [1.165, 1.54) is 5.56 Å². The van der Waals surface area contributed by atoms with Crippen LogP contribution in [0.2, 0.25) is 0 Å². The summed E-state index contributed by atoms with van der Waals surface area (Å²) in [6, 6.07) is 8.10. The number of benzene rings is 1. The molecule has 0 fully saturated rings. The molecule has 6 heteroatoms. The maximum Gasteiger partial charge on any atom is 0.330 e. The summed E-state index contributed by atoms with van der Waals surface area (Å²) in [5.41, 5.74) is 6.85. The summed E-state index contributed by atoms with van der Waals surface area (Å²) in [6.45, 7) is 4.44. The molecular weight excluding hydrogens is 256 g/mol. The lowest BCUT2D eigenvalue weighted by Crippen LogP contribution is -2.04. The van der Waals surface area contributed by atoms with Crippen molar-refractivity contribution in [3.63, 3.8) is 0 Å². The van der Waals surface area contributed by atoms with Gasteiger partial charge in [-0.3, -0.25) is 0 Å². The lowest BCUT2D eigenvalue weighted by molar-refractivity contribution is 0.304. The molecule has 6 nitrogen and oxygen atoms in total. The summed E-state index contributed by atoms with van der Waals surface area (Å²) in [7, 11) is 0. The van der Waals surface area contributed by atoms with Gasteiger partial charge in [0, 0.05) is 0 Å². The van der Waals surface area contributed by atoms with Crippen molar-refractivity contribution in [3.8, 4) is 17.8 Å². The Labute approximate surface area is 118 Å². The van der Waals surface area contributed by atoms with Crippen LogP contribution >= 0.6 is 0 Å². The van der Waals surface area contributed by atoms with Crippen LogP contribution in [0.1, 0.15) is 25.8 Å². The Balaban J connectivity index is 2.12. The zero-order valence-electron chi connectivity index (χ0n) is 11.7. The third-order valence-electron chi connectivity index (χ3n) is 2.56. The predicted molar refractivity (Wildman–Crippen MR) is 75.9 cm³/mol. The lowest BCUT2D eigenvalue weighted by Gasteiger charge is -2.07. The number of hydrogen-bond donors (Lipinski definition) is 1. The third-order valence-corrected chi connectivity index (χ3v) is 2.56. The Bertz CT molecular complexity index is 558. The quantitative estimate of drug-likeness (QED) is 0.871. The minimum atomic E-state index is 0.0704. The van der Waals surface area contributed by atoms with Crippen LogP contribution in [0.5, 0.6) is 17.8 Å². The first-order valence-electron chi connectivity index (χ1n) is 6.62. The van der Waals surface area contributed by atoms with E-state index in [0.29, 0.717) is 12.4 Å². The van der Waals surface area contributed by atoms with E-state index in [4.69, 9.17) is 15.2 Å². The molecular formula is C14H18N4O2. The van der Waals surface area contributed by atoms with E-state index in [1.54, 1.807) is 0 Å². The van der Waals surface area contributed by atoms with Crippen LogP contribution in [0.3, 0.4) is 0 Å². The van der Waals surface area contributed by atoms with Crippen molar-refractivity contribution in [3.05, 3.63) is 29.8 Å². The van der Waals surface area contributed by atoms with Gasteiger partial charge in [-0.15, -0.1) is 4.98 Å². The van der Waals surface area contributed by atoms with E-state index in [2.05, 4.69) is 21.9 Å². The lowest BCUT2D eigenvalue weighted by atomic mass is 10.1. The van der Waals surface area contributed by atoms with Gasteiger partial charge in [-0.2, -0.15) is 9.97 Å². The van der Waals surface area contributed by atoms with Crippen LogP contribution in [-0.4, -0.2) is 21.6 Å². The maximum absolute atomic E-state index is 5.58. The number of aromatic nitrogens is 3. The number of nitrogen functional groups attached to an aromatic ring is 1. The monoisotopic (exact) mass is 274 g/mol. The Morgan fingerprint density at radius 3 is 2.35 bits per heavy atom. The van der Waals surface area contributed by atoms with E-state index in [9.17, 15) is 0 Å². The van der Waals surface area contributed by atoms with E-state index in [0.717, 1.165) is 12.8 Å². The molecule has 1 aromatic carbocycles. The molecule has 2 aromatic rings. The first kappa shape index (κ1) is 14.0. The first-order chi connectivity index (χ1) is 9.71. The van der Waals surface area contributed by atoms with Crippen molar-refractivity contribution in [2.45, 2.75) is 26.7 Å². The SMILES string of the molecule is CCCc1ccc(Oc2nc(N)nc(OCC)n2)cc1. The molecule has 106 valence electrons. The summed E-state index contributed by atoms with van der Waals surface area (Å²) in [4.78, 5) is 11.8. The predicted octanol–water partition coefficient (Wildman–Crippen LogP) is 2.60. The number of rotatable bonds is 6. The third kappa shape index (κ3) is 3.81. The molecule has 0 spiro atoms. The van der Waals surface area contributed by atoms with Crippen molar-refractivity contribution in [1.82, 2.24) is 15.0 Å². The van der Waals surface area contributed by atoms with E-state index in [1.807, 2.05) is 31.2 Å². The zero-order valence-corrected chi connectivity index (χ0v) is 11.7. The smallest absolute Gasteiger partial charge is 0.330 e. The van der Waals surface area contributed by atoms with Crippen LogP contribution < -0.4 is 15.2 Å². The molecule has 0 saturated heterocycles. The maximum atomic E-state index is 5.58. The number of nitrogens with zero attached hydrogens (tertiary/aromatic N) is 3. The van der Waals surface area contributed by atoms with Crippen molar-refractivity contribution >= 4 is 5.95 Å². The molecule has 0 aliphatic heterocycles. The number of nitrogens with two attached hydrogens (primary N) is 1. The first-order valence-corrected chi connectivity index (χ1v) is 6.62. The number of ether oxygens (including phenoxy) is 2. The van der Waals surface area contributed by atoms with Gasteiger partial charge in [-0.25, -0.2) is 0 Å². The Morgan fingerprint density at radius 1 is 1.00 bits per heavy atom. The number of aryl methyl sites for hydroxylation is 1. The average Bonchev–Trinajstić information content (AvgIpc) is 2.41. The topological polar surface area (TPSA) is 83.2 Å². The highest BCUT2D eigenvalue weighted by molar-refractivity contribution is 5.30. The molecule has 2 rings (SSSR count). The van der Waals surface area contributed by atoms with Gasteiger partial charge in [0.2, 0.25) is 5.95 Å². The van der Waals surface area contributed by atoms with Crippen molar-refractivity contribution < 1.29 is 9.47 Å². The van der Waals surface area contributed by atoms with Gasteiger partial charge in [-0.05, 0) is 31.0 Å². The molecule has 0 amide bonds. The second-order valence-electron chi connectivity index (χ2n) is 4.19. The second kappa shape index (κ2) is 6.70. The average molecular weight is 274 g/mol. The van der Waals surface area contributed by atoms with E-state index < -0.39 is 0 Å². The second-order valence-corrected chi connectivity index (χ2v) is 4.19. The van der Waals surface area contributed by atoms with Crippen LogP contribution in [0.4, 0.5) is 5.95 Å². The van der Waals surface area contributed by atoms with Gasteiger partial charge < -0.3 is 15.2 Å². The number of anilines is 1. The standard InChI is InChI=1S/C14H18N4O2/c1-3-5-10-6-8-11(9-7-10)20-14-17-12(15)16-13(18-14)19-4-2/h6-9H,3-5H2,1-2H3,(H2,15,16,17,18). The van der Waals surface area contributed by atoms with Gasteiger partial charge in [-0.1, -0.05) is 25.5 Å². The molecule has 20 heavy (non-hydrogen) atoms. The normalized spacial score (nSPS) is 10.3. The van der Waals surface area contributed by atoms with Gasteiger partial charge in [0.1, 0.15) is 5.75 Å². The molecule has 0 radical (unpaired) electrons. The number of hydrogen-bond acceptors (Lipinski definition) is 6. The van der Waals surface area contributed by atoms with Crippen molar-refractivity contribution in [1.29, 1.82) is 0 Å². The molecule has 2 N–H and O–H groups in total. The molecule has 0 bridgehead atoms. The summed E-state index contributed by atoms with van der Waals surface area (Å²) >= 11 is 0. The fraction of sp³-hybridized carbons (Fsp3) is 0.357. The van der Waals surface area contributed by atoms with Crippen LogP contribution in [0, 0.1) is 0 Å². The van der Waals surface area contributed by atoms with Gasteiger partial charge in [0.15, 0.2) is 0 Å². The van der Waals surface area contributed by atoms with Crippen molar-refractivity contribution in [2.24, 2.45) is 0 Å². The van der Waals surface area contributed by atoms with E-state index >= 15 is 0 Å².